The molecule has 1 saturated heterocycles. The fourth-order valence-electron chi connectivity index (χ4n) is 3.02. The normalized spacial score (nSPS) is 14.7. The first-order valence-electron chi connectivity index (χ1n) is 8.75. The second-order valence-corrected chi connectivity index (χ2v) is 6.37. The number of nitrogens with one attached hydrogen (secondary N) is 1. The molecule has 144 valence electrons. The average Bonchev–Trinajstić information content (AvgIpc) is 2.62. The molecule has 1 aliphatic heterocycles. The minimum absolute atomic E-state index is 0.0788. The Bertz CT molecular complexity index is 773. The molecule has 1 amide bonds. The third-order valence-corrected chi connectivity index (χ3v) is 4.23. The molecule has 0 aliphatic carbocycles. The van der Waals surface area contributed by atoms with E-state index in [9.17, 15) is 18.0 Å². The van der Waals surface area contributed by atoms with Crippen molar-refractivity contribution < 1.29 is 22.7 Å². The molecule has 1 aromatic heterocycles. The SMILES string of the molecule is O=C(Cc1cccc(OC(F)(F)F)c1)Nc1ccc(N2CCCCC2)cn1. The number of piperidine rings is 1. The van der Waals surface area contributed by atoms with Crippen LogP contribution in [0.5, 0.6) is 5.75 Å². The lowest BCUT2D eigenvalue weighted by molar-refractivity contribution is -0.274. The molecule has 0 atom stereocenters. The topological polar surface area (TPSA) is 54.5 Å². The Labute approximate surface area is 155 Å². The molecule has 0 unspecified atom stereocenters. The number of benzene rings is 1. The van der Waals surface area contributed by atoms with Gasteiger partial charge in [-0.15, -0.1) is 13.2 Å². The molecule has 27 heavy (non-hydrogen) atoms. The van der Waals surface area contributed by atoms with Crippen molar-refractivity contribution in [2.24, 2.45) is 0 Å². The zero-order valence-corrected chi connectivity index (χ0v) is 14.6. The van der Waals surface area contributed by atoms with Crippen molar-refractivity contribution in [1.82, 2.24) is 4.98 Å². The second kappa shape index (κ2) is 8.28. The predicted molar refractivity (Wildman–Crippen MR) is 95.8 cm³/mol. The number of nitrogens with zero attached hydrogens (tertiary/aromatic N) is 2. The van der Waals surface area contributed by atoms with Gasteiger partial charge in [0, 0.05) is 13.1 Å². The van der Waals surface area contributed by atoms with Gasteiger partial charge in [-0.3, -0.25) is 4.79 Å². The van der Waals surface area contributed by atoms with Crippen LogP contribution in [0.3, 0.4) is 0 Å². The molecule has 3 rings (SSSR count). The summed E-state index contributed by atoms with van der Waals surface area (Å²) in [6.07, 6.45) is 0.447. The highest BCUT2D eigenvalue weighted by Gasteiger charge is 2.31. The van der Waals surface area contributed by atoms with Crippen LogP contribution in [0.2, 0.25) is 0 Å². The largest absolute Gasteiger partial charge is 0.573 e. The van der Waals surface area contributed by atoms with Crippen LogP contribution < -0.4 is 15.0 Å². The zero-order chi connectivity index (χ0) is 19.3. The van der Waals surface area contributed by atoms with E-state index >= 15 is 0 Å². The number of hydrogen-bond acceptors (Lipinski definition) is 4. The van der Waals surface area contributed by atoms with E-state index in [0.29, 0.717) is 11.4 Å². The summed E-state index contributed by atoms with van der Waals surface area (Å²) < 4.78 is 40.7. The van der Waals surface area contributed by atoms with E-state index in [4.69, 9.17) is 0 Å². The zero-order valence-electron chi connectivity index (χ0n) is 14.6. The average molecular weight is 379 g/mol. The number of alkyl halides is 3. The van der Waals surface area contributed by atoms with Crippen LogP contribution >= 0.6 is 0 Å². The molecule has 1 aliphatic rings. The van der Waals surface area contributed by atoms with E-state index < -0.39 is 6.36 Å². The van der Waals surface area contributed by atoms with Crippen molar-refractivity contribution in [2.75, 3.05) is 23.3 Å². The molecule has 0 spiro atoms. The molecule has 2 heterocycles. The van der Waals surface area contributed by atoms with Gasteiger partial charge in [-0.25, -0.2) is 4.98 Å². The smallest absolute Gasteiger partial charge is 0.406 e. The second-order valence-electron chi connectivity index (χ2n) is 6.37. The number of anilines is 2. The first-order valence-corrected chi connectivity index (χ1v) is 8.75. The van der Waals surface area contributed by atoms with Crippen LogP contribution in [0.1, 0.15) is 24.8 Å². The molecule has 0 radical (unpaired) electrons. The van der Waals surface area contributed by atoms with Crippen molar-refractivity contribution in [2.45, 2.75) is 32.0 Å². The summed E-state index contributed by atoms with van der Waals surface area (Å²) in [6, 6.07) is 9.00. The van der Waals surface area contributed by atoms with Crippen molar-refractivity contribution in [3.8, 4) is 5.75 Å². The van der Waals surface area contributed by atoms with E-state index in [1.54, 1.807) is 18.3 Å². The Balaban J connectivity index is 1.57. The summed E-state index contributed by atoms with van der Waals surface area (Å²) in [5.41, 5.74) is 1.43. The van der Waals surface area contributed by atoms with E-state index in [1.807, 2.05) is 6.07 Å². The number of carbonyl (C=O) groups excluding carboxylic acids is 1. The first kappa shape index (κ1) is 19.0. The van der Waals surface area contributed by atoms with Gasteiger partial charge in [0.25, 0.3) is 0 Å². The van der Waals surface area contributed by atoms with Gasteiger partial charge in [-0.1, -0.05) is 12.1 Å². The molecular weight excluding hydrogens is 359 g/mol. The number of hydrogen-bond donors (Lipinski definition) is 1. The van der Waals surface area contributed by atoms with Crippen LogP contribution in [0.4, 0.5) is 24.7 Å². The lowest BCUT2D eigenvalue weighted by atomic mass is 10.1. The Morgan fingerprint density at radius 1 is 1.15 bits per heavy atom. The number of ether oxygens (including phenoxy) is 1. The van der Waals surface area contributed by atoms with Crippen LogP contribution in [-0.4, -0.2) is 30.3 Å². The third-order valence-electron chi connectivity index (χ3n) is 4.23. The summed E-state index contributed by atoms with van der Waals surface area (Å²) in [4.78, 5) is 18.7. The molecule has 1 fully saturated rings. The first-order chi connectivity index (χ1) is 12.9. The molecule has 5 nitrogen and oxygen atoms in total. The third kappa shape index (κ3) is 5.87. The Morgan fingerprint density at radius 3 is 2.59 bits per heavy atom. The lowest BCUT2D eigenvalue weighted by Gasteiger charge is -2.28. The minimum atomic E-state index is -4.76. The van der Waals surface area contributed by atoms with Gasteiger partial charge < -0.3 is 15.0 Å². The van der Waals surface area contributed by atoms with Crippen LogP contribution in [0.15, 0.2) is 42.6 Å². The van der Waals surface area contributed by atoms with Gasteiger partial charge >= 0.3 is 6.36 Å². The molecule has 1 aromatic carbocycles. The van der Waals surface area contributed by atoms with E-state index in [1.165, 1.54) is 24.6 Å². The maximum atomic E-state index is 12.3. The predicted octanol–water partition coefficient (Wildman–Crippen LogP) is 4.15. The number of halogens is 3. The van der Waals surface area contributed by atoms with Gasteiger partial charge in [0.1, 0.15) is 11.6 Å². The van der Waals surface area contributed by atoms with Gasteiger partial charge in [-0.05, 0) is 49.1 Å². The van der Waals surface area contributed by atoms with Crippen molar-refractivity contribution in [1.29, 1.82) is 0 Å². The number of carbonyl (C=O) groups is 1. The van der Waals surface area contributed by atoms with Gasteiger partial charge in [0.05, 0.1) is 18.3 Å². The van der Waals surface area contributed by atoms with Crippen molar-refractivity contribution in [3.05, 3.63) is 48.2 Å². The number of amides is 1. The monoisotopic (exact) mass is 379 g/mol. The number of rotatable bonds is 5. The van der Waals surface area contributed by atoms with Gasteiger partial charge in [-0.2, -0.15) is 0 Å². The highest BCUT2D eigenvalue weighted by molar-refractivity contribution is 5.91. The summed E-state index contributed by atoms with van der Waals surface area (Å²) in [5, 5.41) is 2.66. The molecule has 0 bridgehead atoms. The molecule has 1 N–H and O–H groups in total. The van der Waals surface area contributed by atoms with Crippen LogP contribution in [-0.2, 0) is 11.2 Å². The summed E-state index contributed by atoms with van der Waals surface area (Å²) >= 11 is 0. The van der Waals surface area contributed by atoms with E-state index in [-0.39, 0.29) is 18.1 Å². The summed E-state index contributed by atoms with van der Waals surface area (Å²) in [5.74, 6) is -0.308. The fourth-order valence-corrected chi connectivity index (χ4v) is 3.02. The lowest BCUT2D eigenvalue weighted by Crippen LogP contribution is -2.29. The minimum Gasteiger partial charge on any atom is -0.406 e. The van der Waals surface area contributed by atoms with E-state index in [2.05, 4.69) is 19.9 Å². The number of pyridine rings is 1. The molecular formula is C19H20F3N3O2. The molecule has 0 saturated carbocycles. The Hall–Kier alpha value is -2.77. The number of aromatic nitrogens is 1. The highest BCUT2D eigenvalue weighted by Crippen LogP contribution is 2.24. The summed E-state index contributed by atoms with van der Waals surface area (Å²) in [6.45, 7) is 2.01. The fraction of sp³-hybridized carbons (Fsp3) is 0.368. The quantitative estimate of drug-likeness (QED) is 0.848. The van der Waals surface area contributed by atoms with Crippen molar-refractivity contribution >= 4 is 17.4 Å². The van der Waals surface area contributed by atoms with Crippen LogP contribution in [0.25, 0.3) is 0 Å². The van der Waals surface area contributed by atoms with Gasteiger partial charge in [0.15, 0.2) is 0 Å². The Kier molecular flexibility index (Phi) is 5.83. The van der Waals surface area contributed by atoms with Crippen LogP contribution in [0, 0.1) is 0 Å². The van der Waals surface area contributed by atoms with Crippen molar-refractivity contribution in [3.63, 3.8) is 0 Å². The standard InChI is InChI=1S/C19H20F3N3O2/c20-19(21,22)27-16-6-4-5-14(11-16)12-18(26)24-17-8-7-15(13-23-17)25-9-2-1-3-10-25/h4-8,11,13H,1-3,9-10,12H2,(H,23,24,26). The molecule has 2 aromatic rings. The van der Waals surface area contributed by atoms with E-state index in [0.717, 1.165) is 31.6 Å². The summed E-state index contributed by atoms with van der Waals surface area (Å²) in [7, 11) is 0. The van der Waals surface area contributed by atoms with Gasteiger partial charge in [0.2, 0.25) is 5.91 Å². The Morgan fingerprint density at radius 2 is 1.93 bits per heavy atom. The maximum Gasteiger partial charge on any atom is 0.573 e. The molecule has 8 heteroatoms. The maximum absolute atomic E-state index is 12.3. The highest BCUT2D eigenvalue weighted by atomic mass is 19.4.